The van der Waals surface area contributed by atoms with E-state index in [0.29, 0.717) is 23.7 Å². The highest BCUT2D eigenvalue weighted by Gasteiger charge is 2.36. The van der Waals surface area contributed by atoms with Crippen LogP contribution in [0, 0.1) is 6.92 Å². The Balaban J connectivity index is 1.47. The number of nitrogens with one attached hydrogen (secondary N) is 2. The van der Waals surface area contributed by atoms with Gasteiger partial charge in [-0.3, -0.25) is 9.59 Å². The lowest BCUT2D eigenvalue weighted by molar-refractivity contribution is -0.133. The Bertz CT molecular complexity index is 1130. The summed E-state index contributed by atoms with van der Waals surface area (Å²) in [5.41, 5.74) is 2.34. The number of likely N-dealkylation sites (tertiary alicyclic amines) is 1. The van der Waals surface area contributed by atoms with E-state index >= 15 is 0 Å². The number of anilines is 1. The number of hydrogen-bond acceptors (Lipinski definition) is 5. The summed E-state index contributed by atoms with van der Waals surface area (Å²) >= 11 is 1.19. The normalized spacial score (nSPS) is 19.1. The van der Waals surface area contributed by atoms with Crippen molar-refractivity contribution in [2.45, 2.75) is 54.2 Å². The number of benzene rings is 2. The molecule has 170 valence electrons. The quantitative estimate of drug-likeness (QED) is 0.650. The summed E-state index contributed by atoms with van der Waals surface area (Å²) < 4.78 is 28.2. The fourth-order valence-electron chi connectivity index (χ4n) is 3.96. The van der Waals surface area contributed by atoms with Crippen molar-refractivity contribution in [2.24, 2.45) is 0 Å². The Morgan fingerprint density at radius 2 is 1.88 bits per heavy atom. The first-order valence-corrected chi connectivity index (χ1v) is 13.2. The maximum absolute atomic E-state index is 12.9. The second-order valence-corrected chi connectivity index (χ2v) is 11.1. The van der Waals surface area contributed by atoms with Crippen LogP contribution in [0.2, 0.25) is 0 Å². The van der Waals surface area contributed by atoms with Crippen LogP contribution in [-0.2, 0) is 26.2 Å². The molecule has 0 aliphatic carbocycles. The number of thioether (sulfide) groups is 1. The maximum Gasteiger partial charge on any atom is 0.247 e. The van der Waals surface area contributed by atoms with Gasteiger partial charge in [0.1, 0.15) is 0 Å². The van der Waals surface area contributed by atoms with E-state index in [0.717, 1.165) is 36.8 Å². The zero-order valence-electron chi connectivity index (χ0n) is 18.0. The minimum atomic E-state index is -3.76. The predicted molar refractivity (Wildman–Crippen MR) is 125 cm³/mol. The van der Waals surface area contributed by atoms with Crippen molar-refractivity contribution in [1.29, 1.82) is 0 Å². The van der Waals surface area contributed by atoms with Crippen molar-refractivity contribution < 1.29 is 18.0 Å². The molecule has 1 fully saturated rings. The van der Waals surface area contributed by atoms with Crippen LogP contribution in [0.3, 0.4) is 0 Å². The fourth-order valence-corrected chi connectivity index (χ4v) is 6.06. The SMILES string of the molecule is Cc1cccc(CNS(=O)(=O)c2ccc3c(c2)NC(=O)C(C(=O)N2CCCCCC2)S3)c1. The number of carbonyl (C=O) groups excluding carboxylic acids is 2. The summed E-state index contributed by atoms with van der Waals surface area (Å²) in [7, 11) is -3.76. The number of sulfonamides is 1. The molecule has 4 rings (SSSR count). The van der Waals surface area contributed by atoms with Gasteiger partial charge in [-0.25, -0.2) is 13.1 Å². The highest BCUT2D eigenvalue weighted by molar-refractivity contribution is 8.01. The number of nitrogens with zero attached hydrogens (tertiary/aromatic N) is 1. The van der Waals surface area contributed by atoms with Crippen molar-refractivity contribution in [2.75, 3.05) is 18.4 Å². The summed E-state index contributed by atoms with van der Waals surface area (Å²) in [5.74, 6) is -0.574. The smallest absolute Gasteiger partial charge is 0.247 e. The molecule has 2 amide bonds. The minimum absolute atomic E-state index is 0.0714. The van der Waals surface area contributed by atoms with Crippen LogP contribution in [0.25, 0.3) is 0 Å². The Hall–Kier alpha value is -2.36. The van der Waals surface area contributed by atoms with E-state index in [1.54, 1.807) is 11.0 Å². The predicted octanol–water partition coefficient (Wildman–Crippen LogP) is 3.29. The number of fused-ring (bicyclic) bond motifs is 1. The van der Waals surface area contributed by atoms with E-state index in [9.17, 15) is 18.0 Å². The molecule has 7 nitrogen and oxygen atoms in total. The lowest BCUT2D eigenvalue weighted by atomic mass is 10.1. The first kappa shape index (κ1) is 22.8. The molecule has 0 aromatic heterocycles. The Labute approximate surface area is 193 Å². The van der Waals surface area contributed by atoms with Crippen LogP contribution in [0.1, 0.15) is 36.8 Å². The number of aryl methyl sites for hydroxylation is 1. The zero-order chi connectivity index (χ0) is 22.7. The largest absolute Gasteiger partial charge is 0.341 e. The lowest BCUT2D eigenvalue weighted by Gasteiger charge is -2.28. The molecule has 1 saturated heterocycles. The molecule has 2 heterocycles. The molecule has 1 atom stereocenters. The van der Waals surface area contributed by atoms with Crippen LogP contribution in [0.5, 0.6) is 0 Å². The van der Waals surface area contributed by atoms with Gasteiger partial charge in [0.2, 0.25) is 21.8 Å². The average Bonchev–Trinajstić information content (AvgIpc) is 3.06. The summed E-state index contributed by atoms with van der Waals surface area (Å²) in [5, 5.41) is 1.89. The van der Waals surface area contributed by atoms with Gasteiger partial charge in [0.05, 0.1) is 10.6 Å². The number of amides is 2. The van der Waals surface area contributed by atoms with Gasteiger partial charge < -0.3 is 10.2 Å². The van der Waals surface area contributed by atoms with E-state index in [4.69, 9.17) is 0 Å². The van der Waals surface area contributed by atoms with E-state index in [-0.39, 0.29) is 17.3 Å². The number of carbonyl (C=O) groups is 2. The molecular weight excluding hydrogens is 446 g/mol. The van der Waals surface area contributed by atoms with Crippen LogP contribution >= 0.6 is 11.8 Å². The van der Waals surface area contributed by atoms with E-state index in [1.165, 1.54) is 23.9 Å². The van der Waals surface area contributed by atoms with E-state index in [2.05, 4.69) is 10.0 Å². The molecule has 0 bridgehead atoms. The van der Waals surface area contributed by atoms with Crippen LogP contribution in [0.4, 0.5) is 5.69 Å². The van der Waals surface area contributed by atoms with E-state index in [1.807, 2.05) is 31.2 Å². The molecule has 2 N–H and O–H groups in total. The van der Waals surface area contributed by atoms with Gasteiger partial charge in [0, 0.05) is 24.5 Å². The van der Waals surface area contributed by atoms with Crippen LogP contribution in [0.15, 0.2) is 52.3 Å². The van der Waals surface area contributed by atoms with Gasteiger partial charge in [-0.05, 0) is 43.5 Å². The molecule has 2 aromatic carbocycles. The number of rotatable bonds is 5. The van der Waals surface area contributed by atoms with Gasteiger partial charge in [-0.1, -0.05) is 42.7 Å². The first-order chi connectivity index (χ1) is 15.3. The highest BCUT2D eigenvalue weighted by atomic mass is 32.2. The van der Waals surface area contributed by atoms with Gasteiger partial charge in [0.25, 0.3) is 0 Å². The summed E-state index contributed by atoms with van der Waals surface area (Å²) in [6.45, 7) is 3.49. The lowest BCUT2D eigenvalue weighted by Crippen LogP contribution is -2.45. The second kappa shape index (κ2) is 9.64. The summed E-state index contributed by atoms with van der Waals surface area (Å²) in [4.78, 5) is 28.2. The Morgan fingerprint density at radius 1 is 1.12 bits per heavy atom. The van der Waals surface area contributed by atoms with Crippen LogP contribution < -0.4 is 10.0 Å². The zero-order valence-corrected chi connectivity index (χ0v) is 19.6. The third-order valence-electron chi connectivity index (χ3n) is 5.69. The third-order valence-corrected chi connectivity index (χ3v) is 8.35. The van der Waals surface area contributed by atoms with Gasteiger partial charge in [0.15, 0.2) is 5.25 Å². The molecule has 1 unspecified atom stereocenters. The van der Waals surface area contributed by atoms with Crippen molar-refractivity contribution in [1.82, 2.24) is 9.62 Å². The van der Waals surface area contributed by atoms with Gasteiger partial charge in [-0.2, -0.15) is 0 Å². The van der Waals surface area contributed by atoms with Crippen molar-refractivity contribution in [3.05, 3.63) is 53.6 Å². The molecule has 2 aliphatic rings. The molecule has 32 heavy (non-hydrogen) atoms. The maximum atomic E-state index is 12.9. The van der Waals surface area contributed by atoms with Gasteiger partial charge >= 0.3 is 0 Å². The molecule has 9 heteroatoms. The Morgan fingerprint density at radius 3 is 2.59 bits per heavy atom. The minimum Gasteiger partial charge on any atom is -0.341 e. The van der Waals surface area contributed by atoms with Crippen molar-refractivity contribution in [3.63, 3.8) is 0 Å². The monoisotopic (exact) mass is 473 g/mol. The van der Waals surface area contributed by atoms with Crippen LogP contribution in [-0.4, -0.2) is 43.5 Å². The first-order valence-electron chi connectivity index (χ1n) is 10.8. The molecule has 2 aromatic rings. The second-order valence-electron chi connectivity index (χ2n) is 8.20. The summed E-state index contributed by atoms with van der Waals surface area (Å²) in [6.07, 6.45) is 4.12. The highest BCUT2D eigenvalue weighted by Crippen LogP contribution is 2.38. The van der Waals surface area contributed by atoms with Crippen molar-refractivity contribution in [3.8, 4) is 0 Å². The third kappa shape index (κ3) is 5.16. The molecular formula is C23H27N3O4S2. The standard InChI is InChI=1S/C23H27N3O4S2/c1-16-7-6-8-17(13-16)15-24-32(29,30)18-9-10-20-19(14-18)25-22(27)21(31-20)23(28)26-11-4-2-3-5-12-26/h6-10,13-14,21,24H,2-5,11-12,15H2,1H3,(H,25,27). The summed E-state index contributed by atoms with van der Waals surface area (Å²) in [6, 6.07) is 12.2. The molecule has 0 spiro atoms. The molecule has 0 radical (unpaired) electrons. The Kier molecular flexibility index (Phi) is 6.88. The van der Waals surface area contributed by atoms with E-state index < -0.39 is 21.2 Å². The number of hydrogen-bond donors (Lipinski definition) is 2. The molecule has 2 aliphatic heterocycles. The molecule has 0 saturated carbocycles. The average molecular weight is 474 g/mol. The van der Waals surface area contributed by atoms with Crippen molar-refractivity contribution >= 4 is 39.3 Å². The fraction of sp³-hybridized carbons (Fsp3) is 0.391. The topological polar surface area (TPSA) is 95.6 Å². The van der Waals surface area contributed by atoms with Gasteiger partial charge in [-0.15, -0.1) is 11.8 Å².